The highest BCUT2D eigenvalue weighted by Gasteiger charge is 2.28. The van der Waals surface area contributed by atoms with Crippen LogP contribution in [0.3, 0.4) is 0 Å². The summed E-state index contributed by atoms with van der Waals surface area (Å²) in [7, 11) is -3.57. The first kappa shape index (κ1) is 23.2. The van der Waals surface area contributed by atoms with Crippen molar-refractivity contribution in [2.24, 2.45) is 5.92 Å². The number of benzene rings is 2. The van der Waals surface area contributed by atoms with E-state index >= 15 is 0 Å². The lowest BCUT2D eigenvalue weighted by Crippen LogP contribution is -2.37. The Balaban J connectivity index is 1.72. The SMILES string of the molecule is CCC(=O)Nc1ccc(Cl)c(NC(=O)c2ccc(S(=O)(=O)N3CCC(C)CC3)cc2)c1. The van der Waals surface area contributed by atoms with Crippen LogP contribution in [-0.4, -0.2) is 37.6 Å². The molecule has 1 aliphatic heterocycles. The van der Waals surface area contributed by atoms with Crippen molar-refractivity contribution < 1.29 is 18.0 Å². The Morgan fingerprint density at radius 1 is 1.06 bits per heavy atom. The second kappa shape index (κ2) is 9.80. The molecular weight excluding hydrogens is 438 g/mol. The van der Waals surface area contributed by atoms with Gasteiger partial charge in [0.1, 0.15) is 0 Å². The van der Waals surface area contributed by atoms with Gasteiger partial charge in [-0.25, -0.2) is 8.42 Å². The van der Waals surface area contributed by atoms with Gasteiger partial charge >= 0.3 is 0 Å². The third kappa shape index (κ3) is 5.64. The summed E-state index contributed by atoms with van der Waals surface area (Å²) in [6.07, 6.45) is 2.02. The highest BCUT2D eigenvalue weighted by molar-refractivity contribution is 7.89. The number of carbonyl (C=O) groups is 2. The molecule has 2 aromatic carbocycles. The van der Waals surface area contributed by atoms with Gasteiger partial charge in [-0.2, -0.15) is 4.31 Å². The summed E-state index contributed by atoms with van der Waals surface area (Å²) in [5.41, 5.74) is 1.16. The molecule has 0 aromatic heterocycles. The third-order valence-electron chi connectivity index (χ3n) is 5.32. The van der Waals surface area contributed by atoms with Crippen molar-refractivity contribution in [3.05, 3.63) is 53.1 Å². The van der Waals surface area contributed by atoms with E-state index in [-0.39, 0.29) is 10.8 Å². The van der Waals surface area contributed by atoms with Crippen molar-refractivity contribution in [2.45, 2.75) is 38.0 Å². The van der Waals surface area contributed by atoms with Gasteiger partial charge in [-0.05, 0) is 61.2 Å². The van der Waals surface area contributed by atoms with Gasteiger partial charge in [0, 0.05) is 30.8 Å². The summed E-state index contributed by atoms with van der Waals surface area (Å²) >= 11 is 6.17. The zero-order valence-electron chi connectivity index (χ0n) is 17.5. The minimum atomic E-state index is -3.57. The number of piperidine rings is 1. The Morgan fingerprint density at radius 3 is 2.32 bits per heavy atom. The van der Waals surface area contributed by atoms with Gasteiger partial charge in [-0.3, -0.25) is 9.59 Å². The lowest BCUT2D eigenvalue weighted by Gasteiger charge is -2.29. The number of hydrogen-bond donors (Lipinski definition) is 2. The van der Waals surface area contributed by atoms with Gasteiger partial charge < -0.3 is 10.6 Å². The molecule has 1 aliphatic rings. The second-order valence-corrected chi connectivity index (χ2v) is 10.0. The van der Waals surface area contributed by atoms with Crippen LogP contribution in [-0.2, 0) is 14.8 Å². The molecule has 7 nitrogen and oxygen atoms in total. The van der Waals surface area contributed by atoms with E-state index in [4.69, 9.17) is 11.6 Å². The van der Waals surface area contributed by atoms with E-state index in [1.54, 1.807) is 25.1 Å². The fourth-order valence-electron chi connectivity index (χ4n) is 3.30. The molecule has 166 valence electrons. The summed E-state index contributed by atoms with van der Waals surface area (Å²) < 4.78 is 27.2. The zero-order chi connectivity index (χ0) is 22.6. The maximum absolute atomic E-state index is 12.8. The lowest BCUT2D eigenvalue weighted by molar-refractivity contribution is -0.115. The van der Waals surface area contributed by atoms with Crippen molar-refractivity contribution in [2.75, 3.05) is 23.7 Å². The van der Waals surface area contributed by atoms with Crippen LogP contribution in [0, 0.1) is 5.92 Å². The van der Waals surface area contributed by atoms with Crippen molar-refractivity contribution in [1.82, 2.24) is 4.31 Å². The molecule has 1 fully saturated rings. The number of carbonyl (C=O) groups excluding carboxylic acids is 2. The molecule has 2 aromatic rings. The average Bonchev–Trinajstić information content (AvgIpc) is 2.76. The standard InChI is InChI=1S/C22H26ClN3O4S/c1-3-21(27)24-17-6-9-19(23)20(14-17)25-22(28)16-4-7-18(8-5-16)31(29,30)26-12-10-15(2)11-13-26/h4-9,14-15H,3,10-13H2,1-2H3,(H,24,27)(H,25,28). The van der Waals surface area contributed by atoms with Crippen molar-refractivity contribution in [3.63, 3.8) is 0 Å². The summed E-state index contributed by atoms with van der Waals surface area (Å²) in [6.45, 7) is 4.88. The summed E-state index contributed by atoms with van der Waals surface area (Å²) in [4.78, 5) is 24.4. The third-order valence-corrected chi connectivity index (χ3v) is 7.56. The maximum Gasteiger partial charge on any atom is 0.255 e. The van der Waals surface area contributed by atoms with Gasteiger partial charge in [-0.15, -0.1) is 0 Å². The average molecular weight is 464 g/mol. The Bertz CT molecular complexity index is 1060. The van der Waals surface area contributed by atoms with Crippen molar-refractivity contribution >= 4 is 44.8 Å². The van der Waals surface area contributed by atoms with Crippen molar-refractivity contribution in [1.29, 1.82) is 0 Å². The zero-order valence-corrected chi connectivity index (χ0v) is 19.1. The first-order chi connectivity index (χ1) is 14.7. The molecule has 31 heavy (non-hydrogen) atoms. The molecule has 0 radical (unpaired) electrons. The molecule has 0 atom stereocenters. The van der Waals surface area contributed by atoms with E-state index in [0.717, 1.165) is 12.8 Å². The number of amides is 2. The molecule has 9 heteroatoms. The van der Waals surface area contributed by atoms with Crippen LogP contribution in [0.1, 0.15) is 43.5 Å². The van der Waals surface area contributed by atoms with E-state index in [2.05, 4.69) is 17.6 Å². The summed E-state index contributed by atoms with van der Waals surface area (Å²) in [5.74, 6) is -0.0608. The molecule has 0 bridgehead atoms. The topological polar surface area (TPSA) is 95.6 Å². The second-order valence-electron chi connectivity index (χ2n) is 7.66. The van der Waals surface area contributed by atoms with E-state index in [1.165, 1.54) is 28.6 Å². The number of hydrogen-bond acceptors (Lipinski definition) is 4. The number of rotatable bonds is 6. The summed E-state index contributed by atoms with van der Waals surface area (Å²) in [6, 6.07) is 10.6. The van der Waals surface area contributed by atoms with E-state index in [9.17, 15) is 18.0 Å². The smallest absolute Gasteiger partial charge is 0.255 e. The maximum atomic E-state index is 12.8. The molecular formula is C22H26ClN3O4S. The highest BCUT2D eigenvalue weighted by atomic mass is 35.5. The van der Waals surface area contributed by atoms with Crippen molar-refractivity contribution in [3.8, 4) is 0 Å². The Labute approximate surface area is 187 Å². The molecule has 3 rings (SSSR count). The van der Waals surface area contributed by atoms with Gasteiger partial charge in [0.15, 0.2) is 0 Å². The van der Waals surface area contributed by atoms with Crippen LogP contribution >= 0.6 is 11.6 Å². The van der Waals surface area contributed by atoms with Crippen LogP contribution in [0.15, 0.2) is 47.4 Å². The van der Waals surface area contributed by atoms with Crippen LogP contribution in [0.25, 0.3) is 0 Å². The Kier molecular flexibility index (Phi) is 7.35. The molecule has 2 N–H and O–H groups in total. The van der Waals surface area contributed by atoms with Crippen LogP contribution in [0.2, 0.25) is 5.02 Å². The molecule has 0 unspecified atom stereocenters. The molecule has 0 saturated carbocycles. The number of nitrogens with zero attached hydrogens (tertiary/aromatic N) is 1. The highest BCUT2D eigenvalue weighted by Crippen LogP contribution is 2.27. The Hall–Kier alpha value is -2.42. The molecule has 1 saturated heterocycles. The van der Waals surface area contributed by atoms with Crippen LogP contribution in [0.5, 0.6) is 0 Å². The monoisotopic (exact) mass is 463 g/mol. The van der Waals surface area contributed by atoms with Crippen LogP contribution < -0.4 is 10.6 Å². The number of halogens is 1. The lowest BCUT2D eigenvalue weighted by atomic mass is 10.0. The minimum Gasteiger partial charge on any atom is -0.326 e. The van der Waals surface area contributed by atoms with Crippen LogP contribution in [0.4, 0.5) is 11.4 Å². The van der Waals surface area contributed by atoms with Gasteiger partial charge in [0.2, 0.25) is 15.9 Å². The van der Waals surface area contributed by atoms with Gasteiger partial charge in [0.05, 0.1) is 15.6 Å². The fourth-order valence-corrected chi connectivity index (χ4v) is 4.93. The molecule has 0 spiro atoms. The Morgan fingerprint density at radius 2 is 1.71 bits per heavy atom. The number of sulfonamides is 1. The minimum absolute atomic E-state index is 0.153. The summed E-state index contributed by atoms with van der Waals surface area (Å²) in [5, 5.41) is 5.73. The normalized spacial score (nSPS) is 15.5. The number of anilines is 2. The first-order valence-corrected chi connectivity index (χ1v) is 12.0. The molecule has 2 amide bonds. The molecule has 1 heterocycles. The van der Waals surface area contributed by atoms with E-state index in [1.807, 2.05) is 0 Å². The predicted octanol–water partition coefficient (Wildman–Crippen LogP) is 4.36. The number of nitrogens with one attached hydrogen (secondary N) is 2. The largest absolute Gasteiger partial charge is 0.326 e. The van der Waals surface area contributed by atoms with Gasteiger partial charge in [-0.1, -0.05) is 25.4 Å². The quantitative estimate of drug-likeness (QED) is 0.665. The predicted molar refractivity (Wildman–Crippen MR) is 122 cm³/mol. The van der Waals surface area contributed by atoms with E-state index in [0.29, 0.717) is 47.4 Å². The van der Waals surface area contributed by atoms with Gasteiger partial charge in [0.25, 0.3) is 5.91 Å². The van der Waals surface area contributed by atoms with E-state index < -0.39 is 15.9 Å². The fraction of sp³-hybridized carbons (Fsp3) is 0.364. The first-order valence-electron chi connectivity index (χ1n) is 10.2. The molecule has 0 aliphatic carbocycles.